The van der Waals surface area contributed by atoms with Gasteiger partial charge in [0.05, 0.1) is 7.11 Å². The number of carbonyl (C=O) groups is 1. The Balaban J connectivity index is 1.85. The van der Waals surface area contributed by atoms with Gasteiger partial charge in [-0.25, -0.2) is 0 Å². The van der Waals surface area contributed by atoms with Gasteiger partial charge in [-0.15, -0.1) is 0 Å². The summed E-state index contributed by atoms with van der Waals surface area (Å²) in [6.45, 7) is 1.81. The molecule has 0 aliphatic rings. The summed E-state index contributed by atoms with van der Waals surface area (Å²) < 4.78 is 5.15. The number of methoxy groups -OCH3 is 1. The molecule has 0 radical (unpaired) electrons. The van der Waals surface area contributed by atoms with E-state index in [0.717, 1.165) is 24.2 Å². The third kappa shape index (κ3) is 5.70. The highest BCUT2D eigenvalue weighted by molar-refractivity contribution is 5.76. The van der Waals surface area contributed by atoms with Crippen LogP contribution in [0.25, 0.3) is 0 Å². The van der Waals surface area contributed by atoms with Crippen molar-refractivity contribution in [2.75, 3.05) is 26.7 Å². The third-order valence-electron chi connectivity index (χ3n) is 4.05. The second-order valence-corrected chi connectivity index (χ2v) is 5.75. The highest BCUT2D eigenvalue weighted by atomic mass is 16.5. The molecule has 0 saturated heterocycles. The molecule has 2 aromatic carbocycles. The Labute approximate surface area is 144 Å². The summed E-state index contributed by atoms with van der Waals surface area (Å²) in [6.07, 6.45) is 2.09. The molecule has 24 heavy (non-hydrogen) atoms. The van der Waals surface area contributed by atoms with Crippen molar-refractivity contribution >= 4 is 5.91 Å². The van der Waals surface area contributed by atoms with Crippen molar-refractivity contribution in [3.05, 3.63) is 65.7 Å². The molecular formula is C20H26N2O2. The summed E-state index contributed by atoms with van der Waals surface area (Å²) in [7, 11) is 1.65. The van der Waals surface area contributed by atoms with Gasteiger partial charge in [-0.3, -0.25) is 4.79 Å². The Kier molecular flexibility index (Phi) is 7.30. The van der Waals surface area contributed by atoms with Crippen LogP contribution in [0.15, 0.2) is 54.6 Å². The zero-order chi connectivity index (χ0) is 17.2. The molecule has 0 spiro atoms. The minimum atomic E-state index is 0.159. The summed E-state index contributed by atoms with van der Waals surface area (Å²) in [5.74, 6) is 0.991. The highest BCUT2D eigenvalue weighted by Crippen LogP contribution is 2.13. The maximum absolute atomic E-state index is 12.5. The lowest BCUT2D eigenvalue weighted by atomic mass is 10.1. The van der Waals surface area contributed by atoms with Crippen molar-refractivity contribution in [2.45, 2.75) is 19.3 Å². The Morgan fingerprint density at radius 1 is 0.958 bits per heavy atom. The highest BCUT2D eigenvalue weighted by Gasteiger charge is 2.12. The second-order valence-electron chi connectivity index (χ2n) is 5.75. The average molecular weight is 326 g/mol. The standard InChI is InChI=1S/C20H26N2O2/c1-24-19-10-7-18(8-11-19)9-12-20(23)22(16-14-21)15-13-17-5-3-2-4-6-17/h2-8,10-11H,9,12-16,21H2,1H3. The number of ether oxygens (including phenoxy) is 1. The number of hydrogen-bond acceptors (Lipinski definition) is 3. The van der Waals surface area contributed by atoms with E-state index in [-0.39, 0.29) is 5.91 Å². The van der Waals surface area contributed by atoms with Gasteiger partial charge in [-0.1, -0.05) is 42.5 Å². The van der Waals surface area contributed by atoms with Crippen LogP contribution in [0.1, 0.15) is 17.5 Å². The molecule has 0 bridgehead atoms. The first-order chi connectivity index (χ1) is 11.7. The quantitative estimate of drug-likeness (QED) is 0.771. The Hall–Kier alpha value is -2.33. The van der Waals surface area contributed by atoms with Gasteiger partial charge in [0.1, 0.15) is 5.75 Å². The van der Waals surface area contributed by atoms with Gasteiger partial charge in [0, 0.05) is 26.1 Å². The molecule has 4 heteroatoms. The molecule has 0 atom stereocenters. The van der Waals surface area contributed by atoms with E-state index >= 15 is 0 Å². The van der Waals surface area contributed by atoms with Gasteiger partial charge in [-0.2, -0.15) is 0 Å². The lowest BCUT2D eigenvalue weighted by molar-refractivity contribution is -0.131. The monoisotopic (exact) mass is 326 g/mol. The number of nitrogens with zero attached hydrogens (tertiary/aromatic N) is 1. The normalized spacial score (nSPS) is 10.4. The first-order valence-electron chi connectivity index (χ1n) is 8.37. The van der Waals surface area contributed by atoms with E-state index in [9.17, 15) is 4.79 Å². The van der Waals surface area contributed by atoms with Crippen LogP contribution in [0.5, 0.6) is 5.75 Å². The molecule has 0 heterocycles. The maximum Gasteiger partial charge on any atom is 0.222 e. The summed E-state index contributed by atoms with van der Waals surface area (Å²) in [5, 5.41) is 0. The van der Waals surface area contributed by atoms with Crippen LogP contribution in [-0.2, 0) is 17.6 Å². The fourth-order valence-corrected chi connectivity index (χ4v) is 2.63. The van der Waals surface area contributed by atoms with Gasteiger partial charge in [-0.05, 0) is 36.1 Å². The Morgan fingerprint density at radius 2 is 1.62 bits per heavy atom. The van der Waals surface area contributed by atoms with Crippen molar-refractivity contribution < 1.29 is 9.53 Å². The van der Waals surface area contributed by atoms with Crippen LogP contribution in [0, 0.1) is 0 Å². The summed E-state index contributed by atoms with van der Waals surface area (Å²) in [4.78, 5) is 14.4. The minimum absolute atomic E-state index is 0.159. The number of carbonyl (C=O) groups excluding carboxylic acids is 1. The van der Waals surface area contributed by atoms with Crippen molar-refractivity contribution in [3.63, 3.8) is 0 Å². The van der Waals surface area contributed by atoms with Gasteiger partial charge in [0.2, 0.25) is 5.91 Å². The lowest BCUT2D eigenvalue weighted by Gasteiger charge is -2.22. The molecule has 4 nitrogen and oxygen atoms in total. The average Bonchev–Trinajstić information content (AvgIpc) is 2.64. The van der Waals surface area contributed by atoms with E-state index in [4.69, 9.17) is 10.5 Å². The molecule has 128 valence electrons. The smallest absolute Gasteiger partial charge is 0.222 e. The first-order valence-corrected chi connectivity index (χ1v) is 8.37. The van der Waals surface area contributed by atoms with Gasteiger partial charge >= 0.3 is 0 Å². The number of aryl methyl sites for hydroxylation is 1. The fraction of sp³-hybridized carbons (Fsp3) is 0.350. The molecule has 2 rings (SSSR count). The van der Waals surface area contributed by atoms with E-state index in [1.54, 1.807) is 7.11 Å². The van der Waals surface area contributed by atoms with Crippen LogP contribution in [-0.4, -0.2) is 37.6 Å². The molecule has 0 aliphatic carbocycles. The first kappa shape index (κ1) is 18.0. The minimum Gasteiger partial charge on any atom is -0.497 e. The summed E-state index contributed by atoms with van der Waals surface area (Å²) in [5.41, 5.74) is 8.04. The van der Waals surface area contributed by atoms with Crippen LogP contribution in [0.2, 0.25) is 0 Å². The second kappa shape index (κ2) is 9.73. The van der Waals surface area contributed by atoms with Gasteiger partial charge in [0.15, 0.2) is 0 Å². The van der Waals surface area contributed by atoms with Crippen LogP contribution in [0.4, 0.5) is 0 Å². The van der Waals surface area contributed by atoms with Crippen LogP contribution < -0.4 is 10.5 Å². The number of nitrogens with two attached hydrogens (primary N) is 1. The maximum atomic E-state index is 12.5. The number of hydrogen-bond donors (Lipinski definition) is 1. The largest absolute Gasteiger partial charge is 0.497 e. The van der Waals surface area contributed by atoms with E-state index in [0.29, 0.717) is 26.1 Å². The molecule has 0 unspecified atom stereocenters. The van der Waals surface area contributed by atoms with Crippen molar-refractivity contribution in [2.24, 2.45) is 5.73 Å². The van der Waals surface area contributed by atoms with E-state index in [1.165, 1.54) is 5.56 Å². The van der Waals surface area contributed by atoms with Crippen LogP contribution in [0.3, 0.4) is 0 Å². The van der Waals surface area contributed by atoms with Crippen molar-refractivity contribution in [1.29, 1.82) is 0 Å². The molecule has 0 aliphatic heterocycles. The summed E-state index contributed by atoms with van der Waals surface area (Å²) >= 11 is 0. The predicted octanol–water partition coefficient (Wildman–Crippen LogP) is 2.66. The zero-order valence-corrected chi connectivity index (χ0v) is 14.3. The SMILES string of the molecule is COc1ccc(CCC(=O)N(CCN)CCc2ccccc2)cc1. The molecule has 0 saturated carbocycles. The molecule has 1 amide bonds. The van der Waals surface area contributed by atoms with Gasteiger partial charge < -0.3 is 15.4 Å². The van der Waals surface area contributed by atoms with Crippen LogP contribution >= 0.6 is 0 Å². The summed E-state index contributed by atoms with van der Waals surface area (Å²) in [6, 6.07) is 18.1. The third-order valence-corrected chi connectivity index (χ3v) is 4.05. The molecular weight excluding hydrogens is 300 g/mol. The number of benzene rings is 2. The van der Waals surface area contributed by atoms with E-state index in [2.05, 4.69) is 12.1 Å². The van der Waals surface area contributed by atoms with Gasteiger partial charge in [0.25, 0.3) is 0 Å². The van der Waals surface area contributed by atoms with Crippen molar-refractivity contribution in [3.8, 4) is 5.75 Å². The predicted molar refractivity (Wildman–Crippen MR) is 97.1 cm³/mol. The molecule has 2 N–H and O–H groups in total. The van der Waals surface area contributed by atoms with E-state index in [1.807, 2.05) is 47.4 Å². The lowest BCUT2D eigenvalue weighted by Crippen LogP contribution is -2.37. The molecule has 2 aromatic rings. The molecule has 0 fully saturated rings. The zero-order valence-electron chi connectivity index (χ0n) is 14.3. The fourth-order valence-electron chi connectivity index (χ4n) is 2.63. The molecule has 0 aromatic heterocycles. The van der Waals surface area contributed by atoms with Crippen molar-refractivity contribution in [1.82, 2.24) is 4.90 Å². The number of rotatable bonds is 9. The number of amides is 1. The Bertz CT molecular complexity index is 611. The topological polar surface area (TPSA) is 55.6 Å². The Morgan fingerprint density at radius 3 is 2.25 bits per heavy atom. The van der Waals surface area contributed by atoms with E-state index < -0.39 is 0 Å².